The molecule has 2 rings (SSSR count). The third-order valence-corrected chi connectivity index (χ3v) is 4.01. The third kappa shape index (κ3) is 3.34. The van der Waals surface area contributed by atoms with Crippen LogP contribution in [0.5, 0.6) is 0 Å². The Morgan fingerprint density at radius 1 is 1.28 bits per heavy atom. The predicted molar refractivity (Wildman–Crippen MR) is 74.6 cm³/mol. The van der Waals surface area contributed by atoms with Gasteiger partial charge in [0.05, 0.1) is 16.3 Å². The molecule has 4 heteroatoms. The smallest absolute Gasteiger partial charge is 0.263 e. The zero-order chi connectivity index (χ0) is 12.8. The number of rotatable bonds is 1. The summed E-state index contributed by atoms with van der Waals surface area (Å²) in [6, 6.07) is 3.77. The molecule has 18 heavy (non-hydrogen) atoms. The maximum atomic E-state index is 12.3. The SMILES string of the molecule is NCC#Cc1ccc(C(=O)N2CCCCCC2)s1. The molecule has 1 aliphatic heterocycles. The average Bonchev–Trinajstić information content (AvgIpc) is 2.69. The van der Waals surface area contributed by atoms with Crippen LogP contribution >= 0.6 is 11.3 Å². The number of carbonyl (C=O) groups is 1. The fourth-order valence-corrected chi connectivity index (χ4v) is 2.94. The first-order valence-electron chi connectivity index (χ1n) is 6.39. The molecule has 0 aromatic carbocycles. The highest BCUT2D eigenvalue weighted by molar-refractivity contribution is 7.14. The quantitative estimate of drug-likeness (QED) is 0.788. The van der Waals surface area contributed by atoms with Crippen LogP contribution in [0.2, 0.25) is 0 Å². The van der Waals surface area contributed by atoms with Crippen molar-refractivity contribution in [1.82, 2.24) is 4.90 Å². The number of carbonyl (C=O) groups excluding carboxylic acids is 1. The molecule has 1 aromatic rings. The molecular weight excluding hydrogens is 244 g/mol. The normalized spacial score (nSPS) is 15.7. The van der Waals surface area contributed by atoms with E-state index in [1.54, 1.807) is 0 Å². The molecule has 1 amide bonds. The van der Waals surface area contributed by atoms with E-state index in [4.69, 9.17) is 5.73 Å². The topological polar surface area (TPSA) is 46.3 Å². The van der Waals surface area contributed by atoms with Crippen molar-refractivity contribution in [2.24, 2.45) is 5.73 Å². The van der Waals surface area contributed by atoms with E-state index in [0.717, 1.165) is 35.7 Å². The summed E-state index contributed by atoms with van der Waals surface area (Å²) in [6.45, 7) is 2.13. The summed E-state index contributed by atoms with van der Waals surface area (Å²) in [5.41, 5.74) is 5.33. The second-order valence-corrected chi connectivity index (χ2v) is 5.46. The molecule has 0 atom stereocenters. The zero-order valence-corrected chi connectivity index (χ0v) is 11.3. The van der Waals surface area contributed by atoms with Crippen LogP contribution in [-0.4, -0.2) is 30.4 Å². The van der Waals surface area contributed by atoms with Gasteiger partial charge in [-0.2, -0.15) is 0 Å². The summed E-state index contributed by atoms with van der Waals surface area (Å²) in [6.07, 6.45) is 4.72. The molecule has 0 aliphatic carbocycles. The Kier molecular flexibility index (Phi) is 4.80. The minimum atomic E-state index is 0.155. The van der Waals surface area contributed by atoms with Crippen molar-refractivity contribution in [3.05, 3.63) is 21.9 Å². The van der Waals surface area contributed by atoms with Gasteiger partial charge in [0.2, 0.25) is 0 Å². The molecule has 0 spiro atoms. The molecule has 0 unspecified atom stereocenters. The number of thiophene rings is 1. The van der Waals surface area contributed by atoms with E-state index in [1.165, 1.54) is 24.2 Å². The molecule has 1 fully saturated rings. The van der Waals surface area contributed by atoms with Crippen LogP contribution in [0.15, 0.2) is 12.1 Å². The minimum Gasteiger partial charge on any atom is -0.338 e. The fraction of sp³-hybridized carbons (Fsp3) is 0.500. The lowest BCUT2D eigenvalue weighted by molar-refractivity contribution is 0.0766. The molecule has 2 N–H and O–H groups in total. The maximum absolute atomic E-state index is 12.3. The largest absolute Gasteiger partial charge is 0.338 e. The van der Waals surface area contributed by atoms with Gasteiger partial charge in [0.25, 0.3) is 5.91 Å². The van der Waals surface area contributed by atoms with Gasteiger partial charge in [0.1, 0.15) is 0 Å². The van der Waals surface area contributed by atoms with Crippen LogP contribution in [-0.2, 0) is 0 Å². The van der Waals surface area contributed by atoms with Crippen molar-refractivity contribution in [3.8, 4) is 11.8 Å². The molecule has 1 saturated heterocycles. The van der Waals surface area contributed by atoms with Crippen LogP contribution in [0.4, 0.5) is 0 Å². The first-order valence-corrected chi connectivity index (χ1v) is 7.21. The Morgan fingerprint density at radius 2 is 2.00 bits per heavy atom. The van der Waals surface area contributed by atoms with Crippen LogP contribution in [0, 0.1) is 11.8 Å². The highest BCUT2D eigenvalue weighted by Gasteiger charge is 2.18. The number of hydrogen-bond acceptors (Lipinski definition) is 3. The van der Waals surface area contributed by atoms with Crippen molar-refractivity contribution in [1.29, 1.82) is 0 Å². The fourth-order valence-electron chi connectivity index (χ4n) is 2.09. The van der Waals surface area contributed by atoms with E-state index < -0.39 is 0 Å². The first kappa shape index (κ1) is 13.1. The molecule has 1 aliphatic rings. The molecule has 2 heterocycles. The van der Waals surface area contributed by atoms with Gasteiger partial charge in [-0.3, -0.25) is 4.79 Å². The summed E-state index contributed by atoms with van der Waals surface area (Å²) in [5.74, 6) is 5.93. The number of amides is 1. The van der Waals surface area contributed by atoms with Gasteiger partial charge in [-0.15, -0.1) is 11.3 Å². The van der Waals surface area contributed by atoms with Gasteiger partial charge in [-0.1, -0.05) is 24.7 Å². The van der Waals surface area contributed by atoms with E-state index in [2.05, 4.69) is 11.8 Å². The maximum Gasteiger partial charge on any atom is 0.263 e. The molecule has 0 radical (unpaired) electrons. The summed E-state index contributed by atoms with van der Waals surface area (Å²) >= 11 is 1.46. The Bertz CT molecular complexity index is 462. The number of nitrogens with two attached hydrogens (primary N) is 1. The third-order valence-electron chi connectivity index (χ3n) is 3.02. The second-order valence-electron chi connectivity index (χ2n) is 4.38. The lowest BCUT2D eigenvalue weighted by atomic mass is 10.2. The Morgan fingerprint density at radius 3 is 2.67 bits per heavy atom. The summed E-state index contributed by atoms with van der Waals surface area (Å²) in [7, 11) is 0. The van der Waals surface area contributed by atoms with Gasteiger partial charge in [-0.25, -0.2) is 0 Å². The Labute approximate surface area is 112 Å². The summed E-state index contributed by atoms with van der Waals surface area (Å²) < 4.78 is 0. The van der Waals surface area contributed by atoms with E-state index in [-0.39, 0.29) is 5.91 Å². The van der Waals surface area contributed by atoms with Crippen molar-refractivity contribution in [2.45, 2.75) is 25.7 Å². The average molecular weight is 262 g/mol. The van der Waals surface area contributed by atoms with Gasteiger partial charge < -0.3 is 10.6 Å². The van der Waals surface area contributed by atoms with Gasteiger partial charge >= 0.3 is 0 Å². The van der Waals surface area contributed by atoms with Gasteiger partial charge in [-0.05, 0) is 25.0 Å². The number of nitrogens with zero attached hydrogens (tertiary/aromatic N) is 1. The van der Waals surface area contributed by atoms with Gasteiger partial charge in [0.15, 0.2) is 0 Å². The molecule has 3 nitrogen and oxygen atoms in total. The van der Waals surface area contributed by atoms with Crippen molar-refractivity contribution < 1.29 is 4.79 Å². The lowest BCUT2D eigenvalue weighted by Crippen LogP contribution is -2.31. The molecule has 1 aromatic heterocycles. The lowest BCUT2D eigenvalue weighted by Gasteiger charge is -2.19. The minimum absolute atomic E-state index is 0.155. The molecule has 0 bridgehead atoms. The van der Waals surface area contributed by atoms with E-state index >= 15 is 0 Å². The monoisotopic (exact) mass is 262 g/mol. The molecular formula is C14H18N2OS. The van der Waals surface area contributed by atoms with Crippen LogP contribution in [0.3, 0.4) is 0 Å². The molecule has 0 saturated carbocycles. The van der Waals surface area contributed by atoms with E-state index in [1.807, 2.05) is 17.0 Å². The summed E-state index contributed by atoms with van der Waals surface area (Å²) in [4.78, 5) is 16.0. The zero-order valence-electron chi connectivity index (χ0n) is 10.4. The van der Waals surface area contributed by atoms with Crippen LogP contribution in [0.25, 0.3) is 0 Å². The Balaban J connectivity index is 2.05. The van der Waals surface area contributed by atoms with Crippen molar-refractivity contribution in [2.75, 3.05) is 19.6 Å². The highest BCUT2D eigenvalue weighted by atomic mass is 32.1. The predicted octanol–water partition coefficient (Wildman–Crippen LogP) is 2.07. The second kappa shape index (κ2) is 6.58. The van der Waals surface area contributed by atoms with Crippen LogP contribution < -0.4 is 5.73 Å². The van der Waals surface area contributed by atoms with Gasteiger partial charge in [0, 0.05) is 13.1 Å². The van der Waals surface area contributed by atoms with E-state index in [9.17, 15) is 4.79 Å². The highest BCUT2D eigenvalue weighted by Crippen LogP contribution is 2.19. The summed E-state index contributed by atoms with van der Waals surface area (Å²) in [5, 5.41) is 0. The van der Waals surface area contributed by atoms with Crippen molar-refractivity contribution in [3.63, 3.8) is 0 Å². The standard InChI is InChI=1S/C14H18N2OS/c15-9-5-6-12-7-8-13(18-12)14(17)16-10-3-1-2-4-11-16/h7-8H,1-4,9-11,15H2. The number of likely N-dealkylation sites (tertiary alicyclic amines) is 1. The molecule has 96 valence electrons. The van der Waals surface area contributed by atoms with Crippen LogP contribution in [0.1, 0.15) is 40.2 Å². The first-order chi connectivity index (χ1) is 8.81. The number of hydrogen-bond donors (Lipinski definition) is 1. The van der Waals surface area contributed by atoms with E-state index in [0.29, 0.717) is 6.54 Å². The Hall–Kier alpha value is -1.31. The van der Waals surface area contributed by atoms with Crippen molar-refractivity contribution >= 4 is 17.2 Å².